The molecule has 4 heteroatoms. The van der Waals surface area contributed by atoms with E-state index < -0.39 is 11.4 Å². The van der Waals surface area contributed by atoms with Crippen molar-refractivity contribution < 1.29 is 14.3 Å². The van der Waals surface area contributed by atoms with E-state index in [1.807, 2.05) is 26.0 Å². The molecule has 1 heterocycles. The first-order valence-corrected chi connectivity index (χ1v) is 9.03. The second-order valence-corrected chi connectivity index (χ2v) is 7.74. The number of benzene rings is 1. The van der Waals surface area contributed by atoms with Crippen LogP contribution in [0.4, 0.5) is 0 Å². The van der Waals surface area contributed by atoms with Gasteiger partial charge in [-0.3, -0.25) is 4.79 Å². The van der Waals surface area contributed by atoms with Crippen molar-refractivity contribution in [3.05, 3.63) is 46.5 Å². The van der Waals surface area contributed by atoms with Gasteiger partial charge in [0.1, 0.15) is 5.60 Å². The number of aryl methyl sites for hydroxylation is 1. The average Bonchev–Trinajstić information content (AvgIpc) is 2.91. The van der Waals surface area contributed by atoms with Crippen molar-refractivity contribution in [1.82, 2.24) is 0 Å². The maximum Gasteiger partial charge on any atom is 0.172 e. The standard InChI is InChI=1S/C19H23BrO3/c1-18(2)22-17(19(23-18)12-15(20)16(21)13-19)11-7-6-10-14-8-4-3-5-9-14/h3-5,8-9,12,17H,6-7,10-11,13H2,1-2H3/t17-,19+/m1/s1. The molecule has 1 aliphatic heterocycles. The van der Waals surface area contributed by atoms with Crippen LogP contribution in [0.5, 0.6) is 0 Å². The van der Waals surface area contributed by atoms with Crippen LogP contribution < -0.4 is 0 Å². The smallest absolute Gasteiger partial charge is 0.172 e. The summed E-state index contributed by atoms with van der Waals surface area (Å²) in [6, 6.07) is 10.5. The third-order valence-electron chi connectivity index (χ3n) is 4.51. The predicted molar refractivity (Wildman–Crippen MR) is 93.4 cm³/mol. The first kappa shape index (κ1) is 16.9. The summed E-state index contributed by atoms with van der Waals surface area (Å²) >= 11 is 3.34. The number of halogens is 1. The van der Waals surface area contributed by atoms with Crippen LogP contribution in [0.25, 0.3) is 0 Å². The number of rotatable bonds is 5. The van der Waals surface area contributed by atoms with E-state index in [4.69, 9.17) is 9.47 Å². The van der Waals surface area contributed by atoms with Gasteiger partial charge in [0.2, 0.25) is 0 Å². The van der Waals surface area contributed by atoms with Gasteiger partial charge in [-0.25, -0.2) is 0 Å². The number of carbonyl (C=O) groups is 1. The molecule has 23 heavy (non-hydrogen) atoms. The molecule has 0 unspecified atom stereocenters. The molecule has 2 atom stereocenters. The summed E-state index contributed by atoms with van der Waals surface area (Å²) in [7, 11) is 0. The molecule has 2 aliphatic rings. The molecule has 1 aromatic carbocycles. The van der Waals surface area contributed by atoms with Crippen LogP contribution in [0.15, 0.2) is 40.9 Å². The molecule has 3 nitrogen and oxygen atoms in total. The third kappa shape index (κ3) is 3.76. The second kappa shape index (κ2) is 6.50. The summed E-state index contributed by atoms with van der Waals surface area (Å²) in [6.45, 7) is 3.84. The Balaban J connectivity index is 1.59. The topological polar surface area (TPSA) is 35.5 Å². The van der Waals surface area contributed by atoms with Gasteiger partial charge in [0.25, 0.3) is 0 Å². The lowest BCUT2D eigenvalue weighted by Gasteiger charge is -2.25. The van der Waals surface area contributed by atoms with E-state index in [0.29, 0.717) is 10.9 Å². The summed E-state index contributed by atoms with van der Waals surface area (Å²) in [5.41, 5.74) is 0.774. The first-order valence-electron chi connectivity index (χ1n) is 8.24. The Labute approximate surface area is 146 Å². The third-order valence-corrected chi connectivity index (χ3v) is 5.18. The van der Waals surface area contributed by atoms with Gasteiger partial charge in [-0.1, -0.05) is 36.8 Å². The second-order valence-electron chi connectivity index (χ2n) is 6.89. The summed E-state index contributed by atoms with van der Waals surface area (Å²) in [4.78, 5) is 12.0. The van der Waals surface area contributed by atoms with Crippen LogP contribution in [0.2, 0.25) is 0 Å². The normalized spacial score (nSPS) is 29.3. The van der Waals surface area contributed by atoms with E-state index in [1.165, 1.54) is 5.56 Å². The highest BCUT2D eigenvalue weighted by atomic mass is 79.9. The largest absolute Gasteiger partial charge is 0.344 e. The fraction of sp³-hybridized carbons (Fsp3) is 0.526. The Morgan fingerprint density at radius 2 is 1.96 bits per heavy atom. The van der Waals surface area contributed by atoms with Gasteiger partial charge in [0.15, 0.2) is 11.6 Å². The molecule has 1 fully saturated rings. The first-order chi connectivity index (χ1) is 10.9. The van der Waals surface area contributed by atoms with Crippen LogP contribution in [-0.4, -0.2) is 23.3 Å². The number of allylic oxidation sites excluding steroid dienone is 1. The lowest BCUT2D eigenvalue weighted by atomic mass is 9.91. The van der Waals surface area contributed by atoms with Crippen LogP contribution in [0, 0.1) is 0 Å². The molecular formula is C19H23BrO3. The Morgan fingerprint density at radius 3 is 2.61 bits per heavy atom. The van der Waals surface area contributed by atoms with Gasteiger partial charge in [0, 0.05) is 6.42 Å². The zero-order chi connectivity index (χ0) is 16.5. The van der Waals surface area contributed by atoms with Gasteiger partial charge in [-0.2, -0.15) is 0 Å². The van der Waals surface area contributed by atoms with Crippen LogP contribution in [0.1, 0.15) is 45.1 Å². The molecule has 124 valence electrons. The summed E-state index contributed by atoms with van der Waals surface area (Å²) in [5, 5.41) is 0. The molecule has 1 spiro atoms. The highest BCUT2D eigenvalue weighted by molar-refractivity contribution is 9.12. The van der Waals surface area contributed by atoms with E-state index in [1.54, 1.807) is 0 Å². The van der Waals surface area contributed by atoms with E-state index in [2.05, 4.69) is 40.2 Å². The van der Waals surface area contributed by atoms with E-state index in [-0.39, 0.29) is 11.9 Å². The maximum absolute atomic E-state index is 12.0. The molecule has 3 rings (SSSR count). The lowest BCUT2D eigenvalue weighted by molar-refractivity contribution is -0.156. The Bertz CT molecular complexity index is 608. The fourth-order valence-corrected chi connectivity index (χ4v) is 4.08. The molecule has 1 saturated heterocycles. The van der Waals surface area contributed by atoms with Crippen molar-refractivity contribution in [2.24, 2.45) is 0 Å². The van der Waals surface area contributed by atoms with Crippen LogP contribution in [0.3, 0.4) is 0 Å². The average molecular weight is 379 g/mol. The minimum absolute atomic E-state index is 0.0627. The van der Waals surface area contributed by atoms with Gasteiger partial charge in [0.05, 0.1) is 10.6 Å². The fourth-order valence-electron chi connectivity index (χ4n) is 3.55. The number of ketones is 1. The lowest BCUT2D eigenvalue weighted by Crippen LogP contribution is -2.37. The number of ether oxygens (including phenoxy) is 2. The maximum atomic E-state index is 12.0. The zero-order valence-corrected chi connectivity index (χ0v) is 15.3. The predicted octanol–water partition coefficient (Wildman–Crippen LogP) is 4.54. The molecule has 0 aromatic heterocycles. The number of Topliss-reactive ketones (excluding diaryl/α,β-unsaturated/α-hetero) is 1. The number of hydrogen-bond acceptors (Lipinski definition) is 3. The molecule has 0 amide bonds. The van der Waals surface area contributed by atoms with Gasteiger partial charge < -0.3 is 9.47 Å². The molecule has 0 saturated carbocycles. The number of carbonyl (C=O) groups excluding carboxylic acids is 1. The highest BCUT2D eigenvalue weighted by Crippen LogP contribution is 2.46. The SMILES string of the molecule is CC1(C)O[C@H](CCCCc2ccccc2)[C@@]2(C=C(Br)C(=O)C2)O1. The monoisotopic (exact) mass is 378 g/mol. The van der Waals surface area contributed by atoms with Crippen LogP contribution in [-0.2, 0) is 20.7 Å². The molecular weight excluding hydrogens is 356 g/mol. The highest BCUT2D eigenvalue weighted by Gasteiger charge is 2.55. The van der Waals surface area contributed by atoms with Gasteiger partial charge in [-0.05, 0) is 60.7 Å². The Morgan fingerprint density at radius 1 is 1.22 bits per heavy atom. The van der Waals surface area contributed by atoms with Crippen LogP contribution >= 0.6 is 15.9 Å². The molecule has 0 N–H and O–H groups in total. The summed E-state index contributed by atoms with van der Waals surface area (Å²) in [5.74, 6) is -0.543. The number of unbranched alkanes of at least 4 members (excludes halogenated alkanes) is 1. The Hall–Kier alpha value is -0.970. The van der Waals surface area contributed by atoms with Crippen molar-refractivity contribution in [1.29, 1.82) is 0 Å². The minimum Gasteiger partial charge on any atom is -0.344 e. The van der Waals surface area contributed by atoms with Crippen molar-refractivity contribution in [2.75, 3.05) is 0 Å². The van der Waals surface area contributed by atoms with E-state index in [0.717, 1.165) is 25.7 Å². The molecule has 1 aliphatic carbocycles. The quantitative estimate of drug-likeness (QED) is 0.705. The molecule has 0 bridgehead atoms. The van der Waals surface area contributed by atoms with Crippen molar-refractivity contribution in [3.63, 3.8) is 0 Å². The zero-order valence-electron chi connectivity index (χ0n) is 13.7. The minimum atomic E-state index is -0.640. The van der Waals surface area contributed by atoms with Crippen molar-refractivity contribution in [2.45, 2.75) is 63.4 Å². The van der Waals surface area contributed by atoms with E-state index >= 15 is 0 Å². The molecule has 0 radical (unpaired) electrons. The Kier molecular flexibility index (Phi) is 4.77. The van der Waals surface area contributed by atoms with E-state index in [9.17, 15) is 4.79 Å². The van der Waals surface area contributed by atoms with Gasteiger partial charge >= 0.3 is 0 Å². The van der Waals surface area contributed by atoms with Gasteiger partial charge in [-0.15, -0.1) is 0 Å². The summed E-state index contributed by atoms with van der Waals surface area (Å²) < 4.78 is 12.8. The summed E-state index contributed by atoms with van der Waals surface area (Å²) in [6.07, 6.45) is 6.36. The van der Waals surface area contributed by atoms with Crippen molar-refractivity contribution in [3.8, 4) is 0 Å². The number of hydrogen-bond donors (Lipinski definition) is 0. The molecule has 1 aromatic rings. The van der Waals surface area contributed by atoms with Crippen molar-refractivity contribution >= 4 is 21.7 Å².